The number of hydrogen-bond donors (Lipinski definition) is 3. The summed E-state index contributed by atoms with van der Waals surface area (Å²) in [5, 5.41) is 31.4. The summed E-state index contributed by atoms with van der Waals surface area (Å²) in [6.45, 7) is 0.217. The number of aliphatic hydroxyl groups is 1. The Labute approximate surface area is 157 Å². The Morgan fingerprint density at radius 3 is 2.44 bits per heavy atom. The predicted octanol–water partition coefficient (Wildman–Crippen LogP) is 3.52. The highest BCUT2D eigenvalue weighted by Gasteiger charge is 2.46. The fourth-order valence-corrected chi connectivity index (χ4v) is 3.69. The number of phenols is 2. The molecule has 0 aliphatic carbocycles. The highest BCUT2D eigenvalue weighted by molar-refractivity contribution is 5.53. The van der Waals surface area contributed by atoms with Crippen LogP contribution in [0.4, 0.5) is 0 Å². The average Bonchev–Trinajstić information content (AvgIpc) is 2.69. The van der Waals surface area contributed by atoms with Gasteiger partial charge in [-0.05, 0) is 47.5 Å². The molecule has 0 amide bonds. The molecule has 1 aliphatic rings. The Morgan fingerprint density at radius 1 is 0.963 bits per heavy atom. The molecule has 27 heavy (non-hydrogen) atoms. The first kappa shape index (κ1) is 17.2. The van der Waals surface area contributed by atoms with Crippen molar-refractivity contribution in [2.24, 2.45) is 0 Å². The maximum Gasteiger partial charge on any atom is 0.129 e. The molecule has 0 saturated carbocycles. The van der Waals surface area contributed by atoms with Crippen molar-refractivity contribution in [3.63, 3.8) is 0 Å². The number of rotatable bonds is 3. The second-order valence-electron chi connectivity index (χ2n) is 6.63. The van der Waals surface area contributed by atoms with Crippen molar-refractivity contribution in [3.8, 4) is 23.0 Å². The van der Waals surface area contributed by atoms with E-state index in [1.54, 1.807) is 43.5 Å². The fraction of sp³-hybridized carbons (Fsp3) is 0.182. The van der Waals surface area contributed by atoms with Gasteiger partial charge in [-0.15, -0.1) is 0 Å². The summed E-state index contributed by atoms with van der Waals surface area (Å²) in [7, 11) is 1.58. The minimum atomic E-state index is -1.40. The Hall–Kier alpha value is -3.18. The smallest absolute Gasteiger partial charge is 0.129 e. The van der Waals surface area contributed by atoms with Crippen LogP contribution in [0, 0.1) is 0 Å². The molecule has 0 spiro atoms. The summed E-state index contributed by atoms with van der Waals surface area (Å²) < 4.78 is 11.2. The summed E-state index contributed by atoms with van der Waals surface area (Å²) in [5.41, 5.74) is 0.664. The number of hydrogen-bond acceptors (Lipinski definition) is 5. The normalized spacial score (nSPS) is 21.2. The van der Waals surface area contributed by atoms with Crippen LogP contribution < -0.4 is 9.47 Å². The van der Waals surface area contributed by atoms with Gasteiger partial charge in [0.05, 0.1) is 19.6 Å². The topological polar surface area (TPSA) is 79.2 Å². The lowest BCUT2D eigenvalue weighted by molar-refractivity contribution is 0.0104. The van der Waals surface area contributed by atoms with Crippen LogP contribution in [-0.4, -0.2) is 29.0 Å². The van der Waals surface area contributed by atoms with Crippen LogP contribution >= 0.6 is 0 Å². The van der Waals surface area contributed by atoms with Crippen molar-refractivity contribution < 1.29 is 24.8 Å². The van der Waals surface area contributed by atoms with Crippen molar-refractivity contribution in [3.05, 3.63) is 83.4 Å². The molecule has 5 heteroatoms. The van der Waals surface area contributed by atoms with Gasteiger partial charge in [-0.1, -0.05) is 24.3 Å². The average molecular weight is 364 g/mol. The lowest BCUT2D eigenvalue weighted by Gasteiger charge is -2.42. The van der Waals surface area contributed by atoms with E-state index in [0.717, 1.165) is 5.56 Å². The Balaban J connectivity index is 1.93. The summed E-state index contributed by atoms with van der Waals surface area (Å²) in [6, 6.07) is 18.8. The Bertz CT molecular complexity index is 967. The van der Waals surface area contributed by atoms with E-state index in [9.17, 15) is 15.3 Å². The monoisotopic (exact) mass is 364 g/mol. The van der Waals surface area contributed by atoms with E-state index in [4.69, 9.17) is 9.47 Å². The van der Waals surface area contributed by atoms with E-state index < -0.39 is 11.5 Å². The molecule has 4 rings (SSSR count). The first-order valence-electron chi connectivity index (χ1n) is 8.64. The molecule has 0 bridgehead atoms. The lowest BCUT2D eigenvalue weighted by atomic mass is 9.71. The zero-order chi connectivity index (χ0) is 19.0. The summed E-state index contributed by atoms with van der Waals surface area (Å²) in [6.07, 6.45) is 0. The quantitative estimate of drug-likeness (QED) is 0.663. The molecule has 0 aromatic heterocycles. The molecule has 0 fully saturated rings. The molecule has 3 N–H and O–H groups in total. The molecule has 138 valence electrons. The largest absolute Gasteiger partial charge is 0.508 e. The van der Waals surface area contributed by atoms with Gasteiger partial charge in [0, 0.05) is 11.6 Å². The van der Waals surface area contributed by atoms with Gasteiger partial charge in [0.2, 0.25) is 0 Å². The molecule has 0 radical (unpaired) electrons. The summed E-state index contributed by atoms with van der Waals surface area (Å²) in [4.78, 5) is 0. The standard InChI is InChI=1S/C22H20O5/c1-26-18-4-2-3-15(11-18)22(25)19-10-9-17(24)12-21(19)27-13-20(22)14-5-7-16(23)8-6-14/h2-12,20,23-25H,13H2,1H3. The van der Waals surface area contributed by atoms with Crippen molar-refractivity contribution in [1.29, 1.82) is 0 Å². The molecule has 3 aromatic rings. The van der Waals surface area contributed by atoms with Crippen molar-refractivity contribution in [2.75, 3.05) is 13.7 Å². The molecular formula is C22H20O5. The third-order valence-corrected chi connectivity index (χ3v) is 5.09. The fourth-order valence-electron chi connectivity index (χ4n) is 3.69. The minimum absolute atomic E-state index is 0.0739. The molecule has 3 aromatic carbocycles. The Morgan fingerprint density at radius 2 is 1.70 bits per heavy atom. The molecule has 1 aliphatic heterocycles. The molecular weight excluding hydrogens is 344 g/mol. The van der Waals surface area contributed by atoms with E-state index in [1.165, 1.54) is 12.1 Å². The van der Waals surface area contributed by atoms with E-state index in [-0.39, 0.29) is 18.1 Å². The van der Waals surface area contributed by atoms with Crippen LogP contribution in [0.5, 0.6) is 23.0 Å². The Kier molecular flexibility index (Phi) is 4.16. The predicted molar refractivity (Wildman–Crippen MR) is 100 cm³/mol. The number of fused-ring (bicyclic) bond motifs is 1. The highest BCUT2D eigenvalue weighted by atomic mass is 16.5. The highest BCUT2D eigenvalue weighted by Crippen LogP contribution is 2.50. The first-order chi connectivity index (χ1) is 13.0. The molecule has 0 saturated heterocycles. The summed E-state index contributed by atoms with van der Waals surface area (Å²) in [5.74, 6) is 0.894. The third kappa shape index (κ3) is 2.86. The van der Waals surface area contributed by atoms with Gasteiger partial charge in [0.25, 0.3) is 0 Å². The number of benzene rings is 3. The van der Waals surface area contributed by atoms with Crippen LogP contribution in [0.1, 0.15) is 22.6 Å². The maximum absolute atomic E-state index is 12.0. The van der Waals surface area contributed by atoms with Crippen molar-refractivity contribution in [2.45, 2.75) is 11.5 Å². The third-order valence-electron chi connectivity index (χ3n) is 5.09. The van der Waals surface area contributed by atoms with Crippen LogP contribution in [0.15, 0.2) is 66.7 Å². The maximum atomic E-state index is 12.0. The van der Waals surface area contributed by atoms with Crippen LogP contribution in [0.25, 0.3) is 0 Å². The first-order valence-corrected chi connectivity index (χ1v) is 8.64. The van der Waals surface area contributed by atoms with Crippen molar-refractivity contribution >= 4 is 0 Å². The van der Waals surface area contributed by atoms with Crippen molar-refractivity contribution in [1.82, 2.24) is 0 Å². The van der Waals surface area contributed by atoms with E-state index in [1.807, 2.05) is 18.2 Å². The van der Waals surface area contributed by atoms with Gasteiger partial charge >= 0.3 is 0 Å². The molecule has 2 atom stereocenters. The van der Waals surface area contributed by atoms with Crippen LogP contribution in [-0.2, 0) is 5.60 Å². The van der Waals surface area contributed by atoms with Gasteiger partial charge in [0.15, 0.2) is 0 Å². The van der Waals surface area contributed by atoms with E-state index in [2.05, 4.69) is 0 Å². The minimum Gasteiger partial charge on any atom is -0.508 e. The SMILES string of the molecule is COc1cccc(C2(O)c3ccc(O)cc3OCC2c2ccc(O)cc2)c1. The van der Waals surface area contributed by atoms with E-state index >= 15 is 0 Å². The second kappa shape index (κ2) is 6.52. The van der Waals surface area contributed by atoms with Crippen LogP contribution in [0.3, 0.4) is 0 Å². The molecule has 5 nitrogen and oxygen atoms in total. The summed E-state index contributed by atoms with van der Waals surface area (Å²) >= 11 is 0. The second-order valence-corrected chi connectivity index (χ2v) is 6.63. The van der Waals surface area contributed by atoms with Gasteiger partial charge < -0.3 is 24.8 Å². The number of aromatic hydroxyl groups is 2. The lowest BCUT2D eigenvalue weighted by Crippen LogP contribution is -2.41. The van der Waals surface area contributed by atoms with E-state index in [0.29, 0.717) is 22.6 Å². The number of ether oxygens (including phenoxy) is 2. The zero-order valence-corrected chi connectivity index (χ0v) is 14.8. The van der Waals surface area contributed by atoms with Crippen LogP contribution in [0.2, 0.25) is 0 Å². The van der Waals surface area contributed by atoms with Gasteiger partial charge in [-0.3, -0.25) is 0 Å². The zero-order valence-electron chi connectivity index (χ0n) is 14.8. The molecule has 2 unspecified atom stereocenters. The van der Waals surface area contributed by atoms with Gasteiger partial charge in [-0.2, -0.15) is 0 Å². The number of methoxy groups -OCH3 is 1. The van der Waals surface area contributed by atoms with Gasteiger partial charge in [-0.25, -0.2) is 0 Å². The van der Waals surface area contributed by atoms with Gasteiger partial charge in [0.1, 0.15) is 28.6 Å². The molecule has 1 heterocycles. The number of phenolic OH excluding ortho intramolecular Hbond substituents is 2.